The standard InChI is InChI=1S/C17H25NO2/c1-14-13-20-17(15-7-3-2-4-8-15)12-18(14)11-16-9-5-6-10-19-16/h2-4,7-8,14,16-17H,5-6,9-13H2,1H3. The van der Waals surface area contributed by atoms with E-state index in [-0.39, 0.29) is 6.10 Å². The smallest absolute Gasteiger partial charge is 0.0952 e. The minimum atomic E-state index is 0.205. The molecule has 0 aromatic heterocycles. The molecule has 0 N–H and O–H groups in total. The van der Waals surface area contributed by atoms with Gasteiger partial charge in [0, 0.05) is 25.7 Å². The first-order chi connectivity index (χ1) is 9.83. The van der Waals surface area contributed by atoms with Crippen molar-refractivity contribution in [1.82, 2.24) is 4.90 Å². The van der Waals surface area contributed by atoms with E-state index in [0.29, 0.717) is 12.1 Å². The van der Waals surface area contributed by atoms with Crippen molar-refractivity contribution in [2.75, 3.05) is 26.3 Å². The molecule has 0 bridgehead atoms. The minimum Gasteiger partial charge on any atom is -0.377 e. The Kier molecular flexibility index (Phi) is 4.71. The number of benzene rings is 1. The van der Waals surface area contributed by atoms with Gasteiger partial charge in [0.15, 0.2) is 0 Å². The summed E-state index contributed by atoms with van der Waals surface area (Å²) in [6, 6.07) is 11.0. The molecule has 2 heterocycles. The summed E-state index contributed by atoms with van der Waals surface area (Å²) in [5, 5.41) is 0. The highest BCUT2D eigenvalue weighted by Gasteiger charge is 2.29. The number of morpholine rings is 1. The van der Waals surface area contributed by atoms with E-state index in [0.717, 1.165) is 26.3 Å². The molecule has 0 aliphatic carbocycles. The van der Waals surface area contributed by atoms with Crippen molar-refractivity contribution in [2.24, 2.45) is 0 Å². The Morgan fingerprint density at radius 2 is 2.00 bits per heavy atom. The highest BCUT2D eigenvalue weighted by Crippen LogP contribution is 2.26. The third-order valence-electron chi connectivity index (χ3n) is 4.45. The molecule has 3 heteroatoms. The molecule has 3 rings (SSSR count). The van der Waals surface area contributed by atoms with Crippen LogP contribution in [0.1, 0.15) is 37.9 Å². The van der Waals surface area contributed by atoms with Crippen LogP contribution in [0.5, 0.6) is 0 Å². The molecular formula is C17H25NO2. The van der Waals surface area contributed by atoms with Crippen LogP contribution in [0.2, 0.25) is 0 Å². The first-order valence-corrected chi connectivity index (χ1v) is 7.85. The Morgan fingerprint density at radius 3 is 2.75 bits per heavy atom. The van der Waals surface area contributed by atoms with Gasteiger partial charge >= 0.3 is 0 Å². The molecule has 3 atom stereocenters. The molecule has 0 saturated carbocycles. The van der Waals surface area contributed by atoms with E-state index < -0.39 is 0 Å². The van der Waals surface area contributed by atoms with Crippen LogP contribution in [0, 0.1) is 0 Å². The second-order valence-corrected chi connectivity index (χ2v) is 6.02. The van der Waals surface area contributed by atoms with Crippen LogP contribution in [0.3, 0.4) is 0 Å². The lowest BCUT2D eigenvalue weighted by Gasteiger charge is -2.40. The van der Waals surface area contributed by atoms with Crippen molar-refractivity contribution in [3.05, 3.63) is 35.9 Å². The van der Waals surface area contributed by atoms with E-state index in [2.05, 4.69) is 42.2 Å². The first kappa shape index (κ1) is 14.1. The SMILES string of the molecule is CC1COC(c2ccccc2)CN1CC1CCCCO1. The highest BCUT2D eigenvalue weighted by molar-refractivity contribution is 5.18. The van der Waals surface area contributed by atoms with E-state index in [1.807, 2.05) is 0 Å². The Labute approximate surface area is 121 Å². The van der Waals surface area contributed by atoms with Gasteiger partial charge in [0.1, 0.15) is 0 Å². The van der Waals surface area contributed by atoms with Gasteiger partial charge in [-0.3, -0.25) is 4.90 Å². The summed E-state index contributed by atoms with van der Waals surface area (Å²) in [5.74, 6) is 0. The molecule has 0 spiro atoms. The fourth-order valence-electron chi connectivity index (χ4n) is 3.14. The van der Waals surface area contributed by atoms with Crippen LogP contribution in [-0.2, 0) is 9.47 Å². The Hall–Kier alpha value is -0.900. The van der Waals surface area contributed by atoms with Crippen molar-refractivity contribution < 1.29 is 9.47 Å². The van der Waals surface area contributed by atoms with Crippen LogP contribution in [0.25, 0.3) is 0 Å². The summed E-state index contributed by atoms with van der Waals surface area (Å²) in [6.07, 6.45) is 4.37. The molecule has 2 saturated heterocycles. The number of rotatable bonds is 3. The van der Waals surface area contributed by atoms with E-state index >= 15 is 0 Å². The zero-order valence-electron chi connectivity index (χ0n) is 12.3. The molecule has 0 radical (unpaired) electrons. The summed E-state index contributed by atoms with van der Waals surface area (Å²) in [4.78, 5) is 2.54. The third kappa shape index (κ3) is 3.40. The second kappa shape index (κ2) is 6.70. The van der Waals surface area contributed by atoms with Gasteiger partial charge < -0.3 is 9.47 Å². The predicted octanol–water partition coefficient (Wildman–Crippen LogP) is 3.02. The number of nitrogens with zero attached hydrogens (tertiary/aromatic N) is 1. The molecule has 20 heavy (non-hydrogen) atoms. The summed E-state index contributed by atoms with van der Waals surface area (Å²) >= 11 is 0. The van der Waals surface area contributed by atoms with Gasteiger partial charge in [-0.2, -0.15) is 0 Å². The molecule has 2 fully saturated rings. The van der Waals surface area contributed by atoms with Crippen molar-refractivity contribution in [2.45, 2.75) is 44.4 Å². The first-order valence-electron chi connectivity index (χ1n) is 7.85. The maximum absolute atomic E-state index is 6.01. The van der Waals surface area contributed by atoms with Crippen LogP contribution in [0.15, 0.2) is 30.3 Å². The fourth-order valence-corrected chi connectivity index (χ4v) is 3.14. The van der Waals surface area contributed by atoms with Crippen LogP contribution in [0.4, 0.5) is 0 Å². The van der Waals surface area contributed by atoms with Crippen LogP contribution in [-0.4, -0.2) is 43.3 Å². The molecule has 3 unspecified atom stereocenters. The van der Waals surface area contributed by atoms with Gasteiger partial charge in [-0.25, -0.2) is 0 Å². The summed E-state index contributed by atoms with van der Waals surface area (Å²) < 4.78 is 11.9. The van der Waals surface area contributed by atoms with Gasteiger partial charge in [0.05, 0.1) is 18.8 Å². The average Bonchev–Trinajstić information content (AvgIpc) is 2.51. The maximum atomic E-state index is 6.01. The van der Waals surface area contributed by atoms with Crippen molar-refractivity contribution >= 4 is 0 Å². The minimum absolute atomic E-state index is 0.205. The summed E-state index contributed by atoms with van der Waals surface area (Å²) in [6.45, 7) is 6.03. The van der Waals surface area contributed by atoms with E-state index in [1.165, 1.54) is 24.8 Å². The molecular weight excluding hydrogens is 250 g/mol. The Morgan fingerprint density at radius 1 is 1.15 bits per heavy atom. The van der Waals surface area contributed by atoms with Gasteiger partial charge in [0.25, 0.3) is 0 Å². The average molecular weight is 275 g/mol. The zero-order valence-corrected chi connectivity index (χ0v) is 12.3. The number of ether oxygens (including phenoxy) is 2. The van der Waals surface area contributed by atoms with Crippen LogP contribution >= 0.6 is 0 Å². The fraction of sp³-hybridized carbons (Fsp3) is 0.647. The van der Waals surface area contributed by atoms with E-state index in [4.69, 9.17) is 9.47 Å². The topological polar surface area (TPSA) is 21.7 Å². The molecule has 2 aliphatic heterocycles. The van der Waals surface area contributed by atoms with Gasteiger partial charge in [-0.1, -0.05) is 30.3 Å². The second-order valence-electron chi connectivity index (χ2n) is 6.02. The van der Waals surface area contributed by atoms with Gasteiger partial charge in [0.2, 0.25) is 0 Å². The molecule has 1 aromatic carbocycles. The lowest BCUT2D eigenvalue weighted by Crippen LogP contribution is -2.48. The predicted molar refractivity (Wildman–Crippen MR) is 79.8 cm³/mol. The maximum Gasteiger partial charge on any atom is 0.0952 e. The Bertz CT molecular complexity index is 403. The highest BCUT2D eigenvalue weighted by atomic mass is 16.5. The molecule has 2 aliphatic rings. The lowest BCUT2D eigenvalue weighted by molar-refractivity contribution is -0.0852. The molecule has 3 nitrogen and oxygen atoms in total. The summed E-state index contributed by atoms with van der Waals surface area (Å²) in [7, 11) is 0. The number of hydrogen-bond donors (Lipinski definition) is 0. The number of hydrogen-bond acceptors (Lipinski definition) is 3. The molecule has 110 valence electrons. The van der Waals surface area contributed by atoms with Gasteiger partial charge in [-0.15, -0.1) is 0 Å². The Balaban J connectivity index is 1.61. The third-order valence-corrected chi connectivity index (χ3v) is 4.45. The largest absolute Gasteiger partial charge is 0.377 e. The quantitative estimate of drug-likeness (QED) is 0.846. The normalized spacial score (nSPS) is 32.1. The van der Waals surface area contributed by atoms with Crippen LogP contribution < -0.4 is 0 Å². The monoisotopic (exact) mass is 275 g/mol. The lowest BCUT2D eigenvalue weighted by atomic mass is 10.0. The van der Waals surface area contributed by atoms with Crippen molar-refractivity contribution in [3.63, 3.8) is 0 Å². The van der Waals surface area contributed by atoms with E-state index in [9.17, 15) is 0 Å². The zero-order chi connectivity index (χ0) is 13.8. The van der Waals surface area contributed by atoms with Crippen molar-refractivity contribution in [1.29, 1.82) is 0 Å². The van der Waals surface area contributed by atoms with Gasteiger partial charge in [-0.05, 0) is 31.7 Å². The summed E-state index contributed by atoms with van der Waals surface area (Å²) in [5.41, 5.74) is 1.29. The van der Waals surface area contributed by atoms with Crippen molar-refractivity contribution in [3.8, 4) is 0 Å². The van der Waals surface area contributed by atoms with E-state index in [1.54, 1.807) is 0 Å². The molecule has 0 amide bonds. The molecule has 1 aromatic rings.